The second-order valence-corrected chi connectivity index (χ2v) is 2.89. The molecule has 2 aromatic rings. The molecule has 3 heteroatoms. The van der Waals surface area contributed by atoms with Crippen molar-refractivity contribution in [3.63, 3.8) is 0 Å². The van der Waals surface area contributed by atoms with Crippen LogP contribution >= 0.6 is 11.6 Å². The van der Waals surface area contributed by atoms with Crippen molar-refractivity contribution in [2.24, 2.45) is 0 Å². The first-order valence-corrected chi connectivity index (χ1v) is 4.92. The Morgan fingerprint density at radius 2 is 1.93 bits per heavy atom. The van der Waals surface area contributed by atoms with Crippen LogP contribution in [-0.2, 0) is 0 Å². The van der Waals surface area contributed by atoms with E-state index in [4.69, 9.17) is 11.6 Å². The van der Waals surface area contributed by atoms with Crippen LogP contribution in [0.3, 0.4) is 0 Å². The average molecular weight is 210 g/mol. The summed E-state index contributed by atoms with van der Waals surface area (Å²) in [5.41, 5.74) is 1.43. The van der Waals surface area contributed by atoms with Gasteiger partial charge in [0.05, 0.1) is 5.56 Å². The van der Waals surface area contributed by atoms with Crippen molar-refractivity contribution >= 4 is 28.8 Å². The summed E-state index contributed by atoms with van der Waals surface area (Å²) >= 11 is 5.78. The largest absolute Gasteiger partial charge is 0.345 e. The number of fused-ring (bicyclic) bond motifs is 1. The Labute approximate surface area is 87.9 Å². The molecule has 0 saturated heterocycles. The minimum atomic E-state index is 0.409. The Balaban J connectivity index is 0.000000461. The summed E-state index contributed by atoms with van der Waals surface area (Å²) in [4.78, 5) is 13.5. The molecule has 0 aliphatic heterocycles. The normalized spacial score (nSPS) is 9.36. The van der Waals surface area contributed by atoms with Gasteiger partial charge >= 0.3 is 0 Å². The van der Waals surface area contributed by atoms with Crippen LogP contribution in [0.2, 0.25) is 5.15 Å². The number of carbonyl (C=O) groups is 1. The number of aldehydes is 1. The van der Waals surface area contributed by atoms with Crippen molar-refractivity contribution in [2.45, 2.75) is 13.8 Å². The zero-order valence-corrected chi connectivity index (χ0v) is 8.93. The molecule has 1 N–H and O–H groups in total. The topological polar surface area (TPSA) is 32.9 Å². The van der Waals surface area contributed by atoms with Gasteiger partial charge in [-0.2, -0.15) is 0 Å². The fourth-order valence-electron chi connectivity index (χ4n) is 1.25. The van der Waals surface area contributed by atoms with Crippen LogP contribution < -0.4 is 0 Å². The smallest absolute Gasteiger partial charge is 0.153 e. The lowest BCUT2D eigenvalue weighted by Gasteiger charge is -1.86. The van der Waals surface area contributed by atoms with Gasteiger partial charge in [-0.1, -0.05) is 43.6 Å². The number of rotatable bonds is 1. The fourth-order valence-corrected chi connectivity index (χ4v) is 1.49. The van der Waals surface area contributed by atoms with Gasteiger partial charge in [-0.3, -0.25) is 4.79 Å². The van der Waals surface area contributed by atoms with Crippen molar-refractivity contribution in [1.82, 2.24) is 4.98 Å². The quantitative estimate of drug-likeness (QED) is 0.715. The van der Waals surface area contributed by atoms with Gasteiger partial charge in [0.1, 0.15) is 5.15 Å². The number of benzene rings is 1. The number of nitrogens with one attached hydrogen (secondary N) is 1. The molecule has 0 amide bonds. The van der Waals surface area contributed by atoms with E-state index in [2.05, 4.69) is 4.98 Å². The summed E-state index contributed by atoms with van der Waals surface area (Å²) in [5.74, 6) is 0. The third-order valence-corrected chi connectivity index (χ3v) is 2.11. The number of hydrogen-bond donors (Lipinski definition) is 1. The van der Waals surface area contributed by atoms with Crippen LogP contribution in [0.5, 0.6) is 0 Å². The highest BCUT2D eigenvalue weighted by Crippen LogP contribution is 2.23. The molecule has 0 bridgehead atoms. The van der Waals surface area contributed by atoms with E-state index < -0.39 is 0 Å². The molecule has 0 aliphatic rings. The van der Waals surface area contributed by atoms with Crippen LogP contribution in [0.1, 0.15) is 24.2 Å². The van der Waals surface area contributed by atoms with Gasteiger partial charge < -0.3 is 4.98 Å². The fraction of sp³-hybridized carbons (Fsp3) is 0.182. The maximum absolute atomic E-state index is 10.6. The van der Waals surface area contributed by atoms with E-state index in [0.29, 0.717) is 10.7 Å². The Kier molecular flexibility index (Phi) is 3.72. The van der Waals surface area contributed by atoms with Crippen LogP contribution in [0.4, 0.5) is 0 Å². The molecule has 0 saturated carbocycles. The molecule has 0 unspecified atom stereocenters. The van der Waals surface area contributed by atoms with Crippen LogP contribution in [0, 0.1) is 0 Å². The number of aromatic nitrogens is 1. The average Bonchev–Trinajstić information content (AvgIpc) is 2.56. The molecule has 1 aromatic carbocycles. The zero-order valence-electron chi connectivity index (χ0n) is 8.17. The molecule has 74 valence electrons. The first kappa shape index (κ1) is 10.8. The molecule has 1 aromatic heterocycles. The van der Waals surface area contributed by atoms with E-state index in [9.17, 15) is 4.79 Å². The molecule has 2 rings (SSSR count). The maximum atomic E-state index is 10.6. The van der Waals surface area contributed by atoms with Crippen molar-refractivity contribution in [1.29, 1.82) is 0 Å². The first-order valence-electron chi connectivity index (χ1n) is 4.54. The molecular formula is C11H12ClNO. The predicted molar refractivity (Wildman–Crippen MR) is 60.0 cm³/mol. The molecule has 0 aliphatic carbocycles. The highest BCUT2D eigenvalue weighted by atomic mass is 35.5. The highest BCUT2D eigenvalue weighted by Gasteiger charge is 2.06. The molecule has 14 heavy (non-hydrogen) atoms. The molecule has 0 fully saturated rings. The van der Waals surface area contributed by atoms with Gasteiger partial charge in [0.25, 0.3) is 0 Å². The molecule has 0 spiro atoms. The predicted octanol–water partition coefficient (Wildman–Crippen LogP) is 3.66. The molecule has 0 radical (unpaired) electrons. The Hall–Kier alpha value is -1.28. The minimum absolute atomic E-state index is 0.409. The highest BCUT2D eigenvalue weighted by molar-refractivity contribution is 6.33. The van der Waals surface area contributed by atoms with Gasteiger partial charge in [0.2, 0.25) is 0 Å². The van der Waals surface area contributed by atoms with E-state index in [1.165, 1.54) is 0 Å². The summed E-state index contributed by atoms with van der Waals surface area (Å²) in [6.45, 7) is 4.00. The van der Waals surface area contributed by atoms with E-state index in [-0.39, 0.29) is 0 Å². The Morgan fingerprint density at radius 3 is 2.57 bits per heavy atom. The van der Waals surface area contributed by atoms with Gasteiger partial charge in [0, 0.05) is 10.9 Å². The van der Waals surface area contributed by atoms with Crippen molar-refractivity contribution < 1.29 is 4.79 Å². The van der Waals surface area contributed by atoms with Crippen molar-refractivity contribution in [2.75, 3.05) is 0 Å². The van der Waals surface area contributed by atoms with Gasteiger partial charge in [-0.15, -0.1) is 0 Å². The molecule has 0 atom stereocenters. The summed E-state index contributed by atoms with van der Waals surface area (Å²) in [6, 6.07) is 7.51. The molecule has 1 heterocycles. The second kappa shape index (κ2) is 4.82. The number of aromatic amines is 1. The SMILES string of the molecule is CC.O=Cc1c(Cl)[nH]c2ccccc12. The number of hydrogen-bond acceptors (Lipinski definition) is 1. The van der Waals surface area contributed by atoms with Gasteiger partial charge in [-0.25, -0.2) is 0 Å². The number of H-pyrrole nitrogens is 1. The van der Waals surface area contributed by atoms with Gasteiger partial charge in [0.15, 0.2) is 6.29 Å². The summed E-state index contributed by atoms with van der Waals surface area (Å²) in [5, 5.41) is 1.28. The van der Waals surface area contributed by atoms with Gasteiger partial charge in [-0.05, 0) is 6.07 Å². The Bertz CT molecular complexity index is 434. The third kappa shape index (κ3) is 1.80. The van der Waals surface area contributed by atoms with Crippen LogP contribution in [0.15, 0.2) is 24.3 Å². The molecular weight excluding hydrogens is 198 g/mol. The first-order chi connectivity index (χ1) is 6.83. The van der Waals surface area contributed by atoms with E-state index >= 15 is 0 Å². The summed E-state index contributed by atoms with van der Waals surface area (Å²) < 4.78 is 0. The number of halogens is 1. The lowest BCUT2D eigenvalue weighted by Crippen LogP contribution is -1.74. The number of para-hydroxylation sites is 1. The third-order valence-electron chi connectivity index (χ3n) is 1.82. The van der Waals surface area contributed by atoms with Crippen LogP contribution in [0.25, 0.3) is 10.9 Å². The van der Waals surface area contributed by atoms with Crippen molar-refractivity contribution in [3.05, 3.63) is 35.0 Å². The number of carbonyl (C=O) groups excluding carboxylic acids is 1. The zero-order chi connectivity index (χ0) is 10.6. The summed E-state index contributed by atoms with van der Waals surface area (Å²) in [6.07, 6.45) is 0.765. The lowest BCUT2D eigenvalue weighted by atomic mass is 10.2. The monoisotopic (exact) mass is 209 g/mol. The molecule has 2 nitrogen and oxygen atoms in total. The van der Waals surface area contributed by atoms with Crippen molar-refractivity contribution in [3.8, 4) is 0 Å². The minimum Gasteiger partial charge on any atom is -0.345 e. The second-order valence-electron chi connectivity index (χ2n) is 2.52. The standard InChI is InChI=1S/C9H6ClNO.C2H6/c10-9-7(5-12)6-3-1-2-4-8(6)11-9;1-2/h1-5,11H;1-2H3. The van der Waals surface area contributed by atoms with Crippen LogP contribution in [-0.4, -0.2) is 11.3 Å². The van der Waals surface area contributed by atoms with E-state index in [0.717, 1.165) is 17.2 Å². The van der Waals surface area contributed by atoms with E-state index in [1.807, 2.05) is 38.1 Å². The van der Waals surface area contributed by atoms with E-state index in [1.54, 1.807) is 0 Å². The maximum Gasteiger partial charge on any atom is 0.153 e. The Morgan fingerprint density at radius 1 is 1.29 bits per heavy atom. The summed E-state index contributed by atoms with van der Waals surface area (Å²) in [7, 11) is 0. The lowest BCUT2D eigenvalue weighted by molar-refractivity contribution is 0.112.